The highest BCUT2D eigenvalue weighted by Gasteiger charge is 2.42. The van der Waals surface area contributed by atoms with E-state index in [-0.39, 0.29) is 11.7 Å². The van der Waals surface area contributed by atoms with Gasteiger partial charge in [0.2, 0.25) is 5.76 Å². The standard InChI is InChI=1S/C16H20O3/c1-5-16(11(2)3)13-9-7-6-8-12(13)10-14(19-16)15(17)18-4/h6-11H,5H2,1-4H3. The molecule has 1 unspecified atom stereocenters. The average Bonchev–Trinajstić information content (AvgIpc) is 2.44. The lowest BCUT2D eigenvalue weighted by Crippen LogP contribution is -2.38. The van der Waals surface area contributed by atoms with Crippen molar-refractivity contribution in [2.24, 2.45) is 5.92 Å². The van der Waals surface area contributed by atoms with Crippen molar-refractivity contribution in [2.45, 2.75) is 32.8 Å². The summed E-state index contributed by atoms with van der Waals surface area (Å²) in [6.07, 6.45) is 2.56. The Bertz CT molecular complexity index is 516. The van der Waals surface area contributed by atoms with Crippen LogP contribution in [-0.2, 0) is 19.9 Å². The van der Waals surface area contributed by atoms with E-state index in [9.17, 15) is 4.79 Å². The molecule has 0 fully saturated rings. The number of ether oxygens (including phenoxy) is 2. The molecule has 3 nitrogen and oxygen atoms in total. The summed E-state index contributed by atoms with van der Waals surface area (Å²) in [7, 11) is 1.37. The summed E-state index contributed by atoms with van der Waals surface area (Å²) in [5.41, 5.74) is 1.71. The number of hydrogen-bond donors (Lipinski definition) is 0. The maximum Gasteiger partial charge on any atom is 0.373 e. The van der Waals surface area contributed by atoms with E-state index >= 15 is 0 Å². The number of carbonyl (C=O) groups is 1. The zero-order chi connectivity index (χ0) is 14.0. The Hall–Kier alpha value is -1.77. The summed E-state index contributed by atoms with van der Waals surface area (Å²) < 4.78 is 10.8. The molecule has 0 bridgehead atoms. The number of fused-ring (bicyclic) bond motifs is 1. The molecule has 1 aliphatic rings. The summed E-state index contributed by atoms with van der Waals surface area (Å²) in [5.74, 6) is 0.122. The Kier molecular flexibility index (Phi) is 3.65. The van der Waals surface area contributed by atoms with Gasteiger partial charge in [-0.25, -0.2) is 4.79 Å². The lowest BCUT2D eigenvalue weighted by Gasteiger charge is -2.41. The molecule has 0 aromatic heterocycles. The number of carbonyl (C=O) groups excluding carboxylic acids is 1. The summed E-state index contributed by atoms with van der Waals surface area (Å²) in [6.45, 7) is 6.30. The maximum atomic E-state index is 11.8. The van der Waals surface area contributed by atoms with Gasteiger partial charge in [0.1, 0.15) is 5.60 Å². The molecule has 0 saturated heterocycles. The monoisotopic (exact) mass is 260 g/mol. The molecular weight excluding hydrogens is 240 g/mol. The van der Waals surface area contributed by atoms with Gasteiger partial charge in [0.05, 0.1) is 7.11 Å². The van der Waals surface area contributed by atoms with E-state index in [2.05, 4.69) is 26.8 Å². The summed E-state index contributed by atoms with van der Waals surface area (Å²) >= 11 is 0. The van der Waals surface area contributed by atoms with Crippen molar-refractivity contribution in [3.8, 4) is 0 Å². The van der Waals surface area contributed by atoms with Gasteiger partial charge in [-0.2, -0.15) is 0 Å². The molecule has 0 spiro atoms. The topological polar surface area (TPSA) is 35.5 Å². The molecule has 19 heavy (non-hydrogen) atoms. The lowest BCUT2D eigenvalue weighted by molar-refractivity contribution is -0.146. The van der Waals surface area contributed by atoms with Crippen LogP contribution in [0.1, 0.15) is 38.3 Å². The smallest absolute Gasteiger partial charge is 0.373 e. The predicted octanol–water partition coefficient (Wildman–Crippen LogP) is 3.49. The van der Waals surface area contributed by atoms with Gasteiger partial charge in [-0.3, -0.25) is 0 Å². The molecule has 0 saturated carbocycles. The Morgan fingerprint density at radius 1 is 1.37 bits per heavy atom. The highest BCUT2D eigenvalue weighted by molar-refractivity contribution is 5.92. The van der Waals surface area contributed by atoms with Crippen LogP contribution in [0.25, 0.3) is 6.08 Å². The second-order valence-electron chi connectivity index (χ2n) is 5.09. The fourth-order valence-electron chi connectivity index (χ4n) is 2.73. The van der Waals surface area contributed by atoms with E-state index in [0.29, 0.717) is 0 Å². The molecule has 1 aliphatic heterocycles. The van der Waals surface area contributed by atoms with E-state index in [1.807, 2.05) is 18.2 Å². The molecule has 1 aromatic carbocycles. The number of methoxy groups -OCH3 is 1. The Labute approximate surface area is 114 Å². The van der Waals surface area contributed by atoms with Crippen molar-refractivity contribution in [1.29, 1.82) is 0 Å². The van der Waals surface area contributed by atoms with Gasteiger partial charge in [-0.15, -0.1) is 0 Å². The SMILES string of the molecule is CCC1(C(C)C)OC(C(=O)OC)=Cc2ccccc21. The van der Waals surface area contributed by atoms with Crippen molar-refractivity contribution in [1.82, 2.24) is 0 Å². The second-order valence-corrected chi connectivity index (χ2v) is 5.09. The zero-order valence-corrected chi connectivity index (χ0v) is 11.9. The highest BCUT2D eigenvalue weighted by Crippen LogP contribution is 2.44. The maximum absolute atomic E-state index is 11.8. The first-order valence-electron chi connectivity index (χ1n) is 6.63. The summed E-state index contributed by atoms with van der Waals surface area (Å²) in [5, 5.41) is 0. The zero-order valence-electron chi connectivity index (χ0n) is 11.9. The first kappa shape index (κ1) is 13.7. The fourth-order valence-corrected chi connectivity index (χ4v) is 2.73. The van der Waals surface area contributed by atoms with Crippen molar-refractivity contribution in [3.63, 3.8) is 0 Å². The molecule has 1 heterocycles. The summed E-state index contributed by atoms with van der Waals surface area (Å²) in [6, 6.07) is 8.05. The van der Waals surface area contributed by atoms with Crippen LogP contribution in [-0.4, -0.2) is 13.1 Å². The quantitative estimate of drug-likeness (QED) is 0.780. The molecule has 1 aromatic rings. The van der Waals surface area contributed by atoms with E-state index in [1.54, 1.807) is 6.08 Å². The molecule has 1 atom stereocenters. The third kappa shape index (κ3) is 2.14. The predicted molar refractivity (Wildman–Crippen MR) is 74.3 cm³/mol. The first-order valence-corrected chi connectivity index (χ1v) is 6.63. The van der Waals surface area contributed by atoms with Crippen molar-refractivity contribution < 1.29 is 14.3 Å². The first-order chi connectivity index (χ1) is 9.05. The van der Waals surface area contributed by atoms with E-state index in [1.165, 1.54) is 7.11 Å². The Morgan fingerprint density at radius 2 is 2.05 bits per heavy atom. The minimum absolute atomic E-state index is 0.256. The molecule has 0 radical (unpaired) electrons. The number of rotatable bonds is 3. The Morgan fingerprint density at radius 3 is 2.63 bits per heavy atom. The number of esters is 1. The minimum Gasteiger partial charge on any atom is -0.475 e. The molecule has 2 rings (SSSR count). The second kappa shape index (κ2) is 5.08. The minimum atomic E-state index is -0.463. The van der Waals surface area contributed by atoms with Gasteiger partial charge < -0.3 is 9.47 Å². The molecule has 0 N–H and O–H groups in total. The van der Waals surface area contributed by atoms with Crippen molar-refractivity contribution >= 4 is 12.0 Å². The lowest BCUT2D eigenvalue weighted by atomic mass is 9.77. The van der Waals surface area contributed by atoms with Crippen LogP contribution in [0.2, 0.25) is 0 Å². The normalized spacial score (nSPS) is 21.4. The van der Waals surface area contributed by atoms with Crippen LogP contribution in [0.5, 0.6) is 0 Å². The van der Waals surface area contributed by atoms with Crippen LogP contribution in [0.15, 0.2) is 30.0 Å². The molecule has 3 heteroatoms. The molecule has 102 valence electrons. The van der Waals surface area contributed by atoms with Crippen LogP contribution in [0.3, 0.4) is 0 Å². The van der Waals surface area contributed by atoms with Gasteiger partial charge in [-0.05, 0) is 24.0 Å². The largest absolute Gasteiger partial charge is 0.475 e. The molecular formula is C16H20O3. The van der Waals surface area contributed by atoms with Gasteiger partial charge in [-0.1, -0.05) is 45.0 Å². The van der Waals surface area contributed by atoms with Crippen molar-refractivity contribution in [3.05, 3.63) is 41.2 Å². The summed E-state index contributed by atoms with van der Waals surface area (Å²) in [4.78, 5) is 11.8. The van der Waals surface area contributed by atoms with E-state index in [0.717, 1.165) is 17.5 Å². The van der Waals surface area contributed by atoms with Crippen LogP contribution in [0.4, 0.5) is 0 Å². The third-order valence-electron chi connectivity index (χ3n) is 3.84. The van der Waals surface area contributed by atoms with Crippen LogP contribution < -0.4 is 0 Å². The van der Waals surface area contributed by atoms with Gasteiger partial charge in [0.25, 0.3) is 0 Å². The van der Waals surface area contributed by atoms with Crippen LogP contribution >= 0.6 is 0 Å². The number of hydrogen-bond acceptors (Lipinski definition) is 3. The van der Waals surface area contributed by atoms with E-state index in [4.69, 9.17) is 9.47 Å². The van der Waals surface area contributed by atoms with Gasteiger partial charge in [0.15, 0.2) is 0 Å². The van der Waals surface area contributed by atoms with Crippen LogP contribution in [0, 0.1) is 5.92 Å². The van der Waals surface area contributed by atoms with E-state index < -0.39 is 11.6 Å². The average molecular weight is 260 g/mol. The Balaban J connectivity index is 2.60. The fraction of sp³-hybridized carbons (Fsp3) is 0.438. The third-order valence-corrected chi connectivity index (χ3v) is 3.84. The van der Waals surface area contributed by atoms with Crippen molar-refractivity contribution in [2.75, 3.05) is 7.11 Å². The van der Waals surface area contributed by atoms with Gasteiger partial charge in [0, 0.05) is 5.56 Å². The molecule has 0 amide bonds. The van der Waals surface area contributed by atoms with Gasteiger partial charge >= 0.3 is 5.97 Å². The molecule has 0 aliphatic carbocycles. The highest BCUT2D eigenvalue weighted by atomic mass is 16.6. The number of benzene rings is 1.